The first-order valence-electron chi connectivity index (χ1n) is 7.90. The summed E-state index contributed by atoms with van der Waals surface area (Å²) in [5.41, 5.74) is 4.66. The molecule has 2 heterocycles. The number of Topliss-reactive ketones (excluding diaryl/α,β-unsaturated/α-hetero) is 1. The summed E-state index contributed by atoms with van der Waals surface area (Å²) in [5.74, 6) is 0.204. The lowest BCUT2D eigenvalue weighted by Crippen LogP contribution is -2.43. The maximum absolute atomic E-state index is 13.4. The lowest BCUT2D eigenvalue weighted by atomic mass is 9.82. The molecule has 0 saturated carbocycles. The fourth-order valence-corrected chi connectivity index (χ4v) is 4.12. The second-order valence-electron chi connectivity index (χ2n) is 6.21. The van der Waals surface area contributed by atoms with Crippen LogP contribution in [0.4, 0.5) is 11.4 Å². The van der Waals surface area contributed by atoms with Gasteiger partial charge >= 0.3 is 0 Å². The minimum absolute atomic E-state index is 0.204. The van der Waals surface area contributed by atoms with Gasteiger partial charge in [-0.2, -0.15) is 0 Å². The van der Waals surface area contributed by atoms with Crippen LogP contribution in [0.1, 0.15) is 21.5 Å². The molecule has 0 saturated heterocycles. The summed E-state index contributed by atoms with van der Waals surface area (Å²) in [6, 6.07) is 26.5. The highest BCUT2D eigenvalue weighted by atomic mass is 16.1. The van der Waals surface area contributed by atoms with Crippen LogP contribution in [0.3, 0.4) is 0 Å². The zero-order valence-electron chi connectivity index (χ0n) is 12.6. The third-order valence-corrected chi connectivity index (χ3v) is 5.08. The summed E-state index contributed by atoms with van der Waals surface area (Å²) in [5, 5.41) is 0. The van der Waals surface area contributed by atoms with Gasteiger partial charge in [0, 0.05) is 17.7 Å². The van der Waals surface area contributed by atoms with Crippen LogP contribution >= 0.6 is 0 Å². The normalized spacial score (nSPS) is 21.0. The van der Waals surface area contributed by atoms with Gasteiger partial charge in [-0.05, 0) is 29.3 Å². The lowest BCUT2D eigenvalue weighted by Gasteiger charge is -2.33. The fourth-order valence-electron chi connectivity index (χ4n) is 4.12. The number of nitrogens with zero attached hydrogens (tertiary/aromatic N) is 1. The van der Waals surface area contributed by atoms with Gasteiger partial charge in [-0.25, -0.2) is 0 Å². The number of fused-ring (bicyclic) bond motifs is 5. The van der Waals surface area contributed by atoms with Gasteiger partial charge in [0.15, 0.2) is 5.78 Å². The molecular formula is C21H15NO. The van der Waals surface area contributed by atoms with Crippen molar-refractivity contribution in [3.63, 3.8) is 0 Å². The van der Waals surface area contributed by atoms with E-state index < -0.39 is 5.54 Å². The largest absolute Gasteiger partial charge is 0.322 e. The van der Waals surface area contributed by atoms with Gasteiger partial charge in [-0.1, -0.05) is 60.7 Å². The molecule has 0 amide bonds. The predicted octanol–water partition coefficient (Wildman–Crippen LogP) is 4.47. The van der Waals surface area contributed by atoms with Crippen molar-refractivity contribution >= 4 is 17.2 Å². The van der Waals surface area contributed by atoms with Gasteiger partial charge in [0.1, 0.15) is 5.54 Å². The number of anilines is 2. The molecule has 2 aliphatic heterocycles. The van der Waals surface area contributed by atoms with Gasteiger partial charge in [0.25, 0.3) is 0 Å². The highest BCUT2D eigenvalue weighted by molar-refractivity contribution is 6.17. The molecule has 110 valence electrons. The van der Waals surface area contributed by atoms with Crippen molar-refractivity contribution in [2.75, 3.05) is 4.90 Å². The van der Waals surface area contributed by atoms with E-state index in [1.807, 2.05) is 42.5 Å². The number of carbonyl (C=O) groups excluding carboxylic acids is 1. The summed E-state index contributed by atoms with van der Waals surface area (Å²) in [6.45, 7) is 0. The summed E-state index contributed by atoms with van der Waals surface area (Å²) < 4.78 is 0. The van der Waals surface area contributed by atoms with E-state index in [-0.39, 0.29) is 5.78 Å². The molecule has 0 bridgehead atoms. The monoisotopic (exact) mass is 297 g/mol. The number of hydrogen-bond donors (Lipinski definition) is 0. The fraction of sp³-hybridized carbons (Fsp3) is 0.0952. The average Bonchev–Trinajstić information content (AvgIpc) is 3.09. The average molecular weight is 297 g/mol. The van der Waals surface area contributed by atoms with E-state index >= 15 is 0 Å². The predicted molar refractivity (Wildman–Crippen MR) is 91.2 cm³/mol. The minimum atomic E-state index is -0.630. The van der Waals surface area contributed by atoms with E-state index in [1.165, 1.54) is 5.56 Å². The number of hydrogen-bond acceptors (Lipinski definition) is 2. The Kier molecular flexibility index (Phi) is 2.38. The van der Waals surface area contributed by atoms with Crippen LogP contribution in [-0.4, -0.2) is 5.78 Å². The first kappa shape index (κ1) is 12.7. The Labute approximate surface area is 135 Å². The second-order valence-corrected chi connectivity index (χ2v) is 6.21. The Balaban J connectivity index is 1.86. The zero-order chi connectivity index (χ0) is 15.4. The summed E-state index contributed by atoms with van der Waals surface area (Å²) in [4.78, 5) is 15.7. The summed E-state index contributed by atoms with van der Waals surface area (Å²) >= 11 is 0. The number of carbonyl (C=O) groups is 1. The number of benzene rings is 3. The molecule has 2 nitrogen and oxygen atoms in total. The quantitative estimate of drug-likeness (QED) is 0.660. The molecule has 0 spiro atoms. The van der Waals surface area contributed by atoms with Crippen molar-refractivity contribution < 1.29 is 4.79 Å². The van der Waals surface area contributed by atoms with Gasteiger partial charge in [-0.15, -0.1) is 0 Å². The van der Waals surface area contributed by atoms with Crippen LogP contribution < -0.4 is 4.90 Å². The molecule has 1 atom stereocenters. The molecule has 0 fully saturated rings. The van der Waals surface area contributed by atoms with E-state index in [9.17, 15) is 4.79 Å². The van der Waals surface area contributed by atoms with Crippen LogP contribution in [0.2, 0.25) is 0 Å². The summed E-state index contributed by atoms with van der Waals surface area (Å²) in [6.07, 6.45) is 0.723. The molecule has 0 aromatic heterocycles. The Morgan fingerprint density at radius 2 is 1.39 bits per heavy atom. The zero-order valence-corrected chi connectivity index (χ0v) is 12.6. The molecule has 23 heavy (non-hydrogen) atoms. The molecule has 0 aliphatic carbocycles. The van der Waals surface area contributed by atoms with Crippen molar-refractivity contribution in [1.29, 1.82) is 0 Å². The van der Waals surface area contributed by atoms with Crippen LogP contribution in [0.15, 0.2) is 78.9 Å². The van der Waals surface area contributed by atoms with Crippen LogP contribution in [0.5, 0.6) is 0 Å². The second kappa shape index (κ2) is 4.32. The molecule has 2 heteroatoms. The molecule has 2 aliphatic rings. The van der Waals surface area contributed by atoms with E-state index in [2.05, 4.69) is 41.3 Å². The standard InChI is InChI=1S/C21H15NO/c23-20-17-11-5-7-13-19(17)22-18-12-6-4-8-15(18)14-21(20,22)16-9-2-1-3-10-16/h1-13H,14H2. The highest BCUT2D eigenvalue weighted by Gasteiger charge is 2.56. The van der Waals surface area contributed by atoms with E-state index in [1.54, 1.807) is 0 Å². The third-order valence-electron chi connectivity index (χ3n) is 5.08. The van der Waals surface area contributed by atoms with E-state index in [4.69, 9.17) is 0 Å². The SMILES string of the molecule is O=C1c2ccccc2N2c3ccccc3CC12c1ccccc1. The van der Waals surface area contributed by atoms with Gasteiger partial charge < -0.3 is 4.90 Å². The molecule has 1 unspecified atom stereocenters. The van der Waals surface area contributed by atoms with Gasteiger partial charge in [0.2, 0.25) is 0 Å². The first-order valence-corrected chi connectivity index (χ1v) is 7.90. The Hall–Kier alpha value is -2.87. The van der Waals surface area contributed by atoms with E-state index in [0.717, 1.165) is 28.9 Å². The molecule has 3 aromatic carbocycles. The molecular weight excluding hydrogens is 282 g/mol. The Morgan fingerprint density at radius 1 is 0.739 bits per heavy atom. The van der Waals surface area contributed by atoms with Crippen molar-refractivity contribution in [1.82, 2.24) is 0 Å². The van der Waals surface area contributed by atoms with Crippen molar-refractivity contribution in [3.8, 4) is 0 Å². The van der Waals surface area contributed by atoms with Crippen molar-refractivity contribution in [2.24, 2.45) is 0 Å². The smallest absolute Gasteiger partial charge is 0.195 e. The lowest BCUT2D eigenvalue weighted by molar-refractivity contribution is 0.0909. The van der Waals surface area contributed by atoms with Crippen molar-refractivity contribution in [3.05, 3.63) is 95.6 Å². The van der Waals surface area contributed by atoms with Gasteiger partial charge in [0.05, 0.1) is 5.69 Å². The van der Waals surface area contributed by atoms with Crippen LogP contribution in [0, 0.1) is 0 Å². The first-order chi connectivity index (χ1) is 11.3. The molecule has 5 rings (SSSR count). The Morgan fingerprint density at radius 3 is 2.22 bits per heavy atom. The van der Waals surface area contributed by atoms with E-state index in [0.29, 0.717) is 0 Å². The number of rotatable bonds is 1. The molecule has 0 radical (unpaired) electrons. The highest BCUT2D eigenvalue weighted by Crippen LogP contribution is 2.56. The number of ketones is 1. The van der Waals surface area contributed by atoms with Gasteiger partial charge in [-0.3, -0.25) is 4.79 Å². The molecule has 0 N–H and O–H groups in total. The third kappa shape index (κ3) is 1.45. The molecule has 3 aromatic rings. The van der Waals surface area contributed by atoms with Crippen molar-refractivity contribution in [2.45, 2.75) is 12.0 Å². The summed E-state index contributed by atoms with van der Waals surface area (Å²) in [7, 11) is 0. The van der Waals surface area contributed by atoms with Crippen LogP contribution in [0.25, 0.3) is 0 Å². The topological polar surface area (TPSA) is 20.3 Å². The maximum atomic E-state index is 13.4. The number of para-hydroxylation sites is 2. The minimum Gasteiger partial charge on any atom is -0.322 e. The maximum Gasteiger partial charge on any atom is 0.195 e. The van der Waals surface area contributed by atoms with Crippen LogP contribution in [-0.2, 0) is 12.0 Å². The Bertz CT molecular complexity index is 931.